The third-order valence-corrected chi connectivity index (χ3v) is 5.30. The quantitative estimate of drug-likeness (QED) is 0.822. The van der Waals surface area contributed by atoms with E-state index in [1.807, 2.05) is 6.07 Å². The Bertz CT molecular complexity index is 484. The molecule has 1 saturated carbocycles. The molecule has 0 radical (unpaired) electrons. The van der Waals surface area contributed by atoms with Crippen molar-refractivity contribution >= 4 is 0 Å². The van der Waals surface area contributed by atoms with Crippen LogP contribution in [0.2, 0.25) is 0 Å². The molecule has 1 atom stereocenters. The molecule has 2 nitrogen and oxygen atoms in total. The van der Waals surface area contributed by atoms with Crippen LogP contribution >= 0.6 is 0 Å². The van der Waals surface area contributed by atoms with E-state index < -0.39 is 0 Å². The maximum atomic E-state index is 10.5. The molecule has 1 N–H and O–H groups in total. The van der Waals surface area contributed by atoms with Gasteiger partial charge in [0.25, 0.3) is 0 Å². The Morgan fingerprint density at radius 1 is 1.25 bits per heavy atom. The molecule has 1 aromatic rings. The lowest BCUT2D eigenvalue weighted by molar-refractivity contribution is -0.0503. The van der Waals surface area contributed by atoms with Gasteiger partial charge in [0, 0.05) is 12.0 Å². The summed E-state index contributed by atoms with van der Waals surface area (Å²) in [4.78, 5) is 0. The summed E-state index contributed by atoms with van der Waals surface area (Å²) in [5.74, 6) is 2.48. The maximum Gasteiger partial charge on any atom is 0.125 e. The minimum Gasteiger partial charge on any atom is -0.487 e. The first-order valence-corrected chi connectivity index (χ1v) is 7.97. The first-order valence-electron chi connectivity index (χ1n) is 7.97. The predicted octanol–water partition coefficient (Wildman–Crippen LogP) is 4.40. The fraction of sp³-hybridized carbons (Fsp3) is 0.667. The summed E-state index contributed by atoms with van der Waals surface area (Å²) in [6.07, 6.45) is 5.01. The van der Waals surface area contributed by atoms with Gasteiger partial charge in [0.15, 0.2) is 0 Å². The fourth-order valence-corrected chi connectivity index (χ4v) is 3.90. The molecule has 0 unspecified atom stereocenters. The van der Waals surface area contributed by atoms with Crippen molar-refractivity contribution in [3.8, 4) is 5.75 Å². The van der Waals surface area contributed by atoms with E-state index in [0.717, 1.165) is 42.4 Å². The van der Waals surface area contributed by atoms with E-state index in [1.165, 1.54) is 18.4 Å². The highest BCUT2D eigenvalue weighted by molar-refractivity contribution is 5.41. The normalized spacial score (nSPS) is 33.0. The average Bonchev–Trinajstić information content (AvgIpc) is 2.40. The second-order valence-electron chi connectivity index (χ2n) is 7.13. The van der Waals surface area contributed by atoms with Gasteiger partial charge in [-0.15, -0.1) is 0 Å². The molecule has 1 aliphatic heterocycles. The molecule has 110 valence electrons. The Morgan fingerprint density at radius 2 is 1.95 bits per heavy atom. The lowest BCUT2D eigenvalue weighted by Crippen LogP contribution is -2.44. The van der Waals surface area contributed by atoms with Crippen molar-refractivity contribution in [2.45, 2.75) is 64.6 Å². The van der Waals surface area contributed by atoms with Gasteiger partial charge >= 0.3 is 0 Å². The van der Waals surface area contributed by atoms with E-state index in [4.69, 9.17) is 4.74 Å². The Labute approximate surface area is 122 Å². The van der Waals surface area contributed by atoms with Crippen molar-refractivity contribution in [3.05, 3.63) is 29.3 Å². The third-order valence-electron chi connectivity index (χ3n) is 5.30. The van der Waals surface area contributed by atoms with Crippen molar-refractivity contribution in [2.75, 3.05) is 0 Å². The summed E-state index contributed by atoms with van der Waals surface area (Å²) >= 11 is 0. The number of rotatable bonds is 1. The minimum absolute atomic E-state index is 0.118. The monoisotopic (exact) mass is 274 g/mol. The van der Waals surface area contributed by atoms with E-state index in [2.05, 4.69) is 32.9 Å². The Morgan fingerprint density at radius 3 is 2.60 bits per heavy atom. The summed E-state index contributed by atoms with van der Waals surface area (Å²) < 4.78 is 6.35. The van der Waals surface area contributed by atoms with E-state index in [1.54, 1.807) is 0 Å². The van der Waals surface area contributed by atoms with Crippen LogP contribution < -0.4 is 4.74 Å². The van der Waals surface area contributed by atoms with Crippen molar-refractivity contribution in [1.29, 1.82) is 0 Å². The molecular weight excluding hydrogens is 248 g/mol. The molecule has 1 aliphatic carbocycles. The van der Waals surface area contributed by atoms with Gasteiger partial charge < -0.3 is 9.84 Å². The summed E-state index contributed by atoms with van der Waals surface area (Å²) in [5, 5.41) is 10.5. The highest BCUT2D eigenvalue weighted by Crippen LogP contribution is 2.48. The summed E-state index contributed by atoms with van der Waals surface area (Å²) in [5.41, 5.74) is 2.04. The van der Waals surface area contributed by atoms with Crippen LogP contribution in [0.15, 0.2) is 18.2 Å². The molecule has 1 heterocycles. The summed E-state index contributed by atoms with van der Waals surface area (Å²) in [6, 6.07) is 6.17. The number of aliphatic hydroxyl groups is 1. The van der Waals surface area contributed by atoms with Crippen molar-refractivity contribution < 1.29 is 9.84 Å². The lowest BCUT2D eigenvalue weighted by Gasteiger charge is -2.45. The summed E-state index contributed by atoms with van der Waals surface area (Å²) in [7, 11) is 0. The standard InChI is InChI=1S/C18H26O2/c1-12(2)14-6-8-18(9-7-14)11-16(19)15-10-13(3)4-5-17(15)20-18/h4-5,10,12,14,16,19H,6-9,11H2,1-3H3/t14?,16-,18?/m0/s1. The van der Waals surface area contributed by atoms with Gasteiger partial charge in [0.2, 0.25) is 0 Å². The zero-order valence-corrected chi connectivity index (χ0v) is 12.9. The molecule has 1 fully saturated rings. The van der Waals surface area contributed by atoms with Gasteiger partial charge in [0.1, 0.15) is 11.4 Å². The number of fused-ring (bicyclic) bond motifs is 1. The first-order chi connectivity index (χ1) is 9.49. The van der Waals surface area contributed by atoms with Crippen LogP contribution in [-0.2, 0) is 0 Å². The maximum absolute atomic E-state index is 10.5. The summed E-state index contributed by atoms with van der Waals surface area (Å²) in [6.45, 7) is 6.69. The molecule has 2 heteroatoms. The number of hydrogen-bond acceptors (Lipinski definition) is 2. The van der Waals surface area contributed by atoms with Gasteiger partial charge in [-0.05, 0) is 56.6 Å². The average molecular weight is 274 g/mol. The molecule has 1 aromatic carbocycles. The molecule has 0 aromatic heterocycles. The smallest absolute Gasteiger partial charge is 0.125 e. The van der Waals surface area contributed by atoms with E-state index in [9.17, 15) is 5.11 Å². The van der Waals surface area contributed by atoms with Gasteiger partial charge in [-0.3, -0.25) is 0 Å². The second kappa shape index (κ2) is 5.07. The number of ether oxygens (including phenoxy) is 1. The van der Waals surface area contributed by atoms with Crippen LogP contribution in [0.1, 0.15) is 63.2 Å². The molecular formula is C18H26O2. The number of aliphatic hydroxyl groups excluding tert-OH is 1. The van der Waals surface area contributed by atoms with Crippen LogP contribution in [0.25, 0.3) is 0 Å². The first kappa shape index (κ1) is 13.9. The third kappa shape index (κ3) is 2.46. The van der Waals surface area contributed by atoms with Crippen molar-refractivity contribution in [1.82, 2.24) is 0 Å². The SMILES string of the molecule is Cc1ccc2c(c1)[C@@H](O)CC1(CCC(C(C)C)CC1)O2. The Balaban J connectivity index is 1.80. The highest BCUT2D eigenvalue weighted by Gasteiger charge is 2.43. The topological polar surface area (TPSA) is 29.5 Å². The van der Waals surface area contributed by atoms with Crippen LogP contribution in [0.3, 0.4) is 0 Å². The predicted molar refractivity (Wildman–Crippen MR) is 80.9 cm³/mol. The molecule has 0 saturated heterocycles. The fourth-order valence-electron chi connectivity index (χ4n) is 3.90. The van der Waals surface area contributed by atoms with Gasteiger partial charge in [-0.1, -0.05) is 25.5 Å². The number of aryl methyl sites for hydroxylation is 1. The molecule has 3 rings (SSSR count). The number of benzene rings is 1. The van der Waals surface area contributed by atoms with E-state index in [0.29, 0.717) is 0 Å². The second-order valence-corrected chi connectivity index (χ2v) is 7.13. The molecule has 0 amide bonds. The molecule has 20 heavy (non-hydrogen) atoms. The zero-order valence-electron chi connectivity index (χ0n) is 12.9. The van der Waals surface area contributed by atoms with Gasteiger partial charge in [-0.25, -0.2) is 0 Å². The zero-order chi connectivity index (χ0) is 14.3. The minimum atomic E-state index is -0.366. The highest BCUT2D eigenvalue weighted by atomic mass is 16.5. The van der Waals surface area contributed by atoms with E-state index >= 15 is 0 Å². The van der Waals surface area contributed by atoms with Gasteiger partial charge in [0.05, 0.1) is 6.10 Å². The van der Waals surface area contributed by atoms with Crippen molar-refractivity contribution in [2.24, 2.45) is 11.8 Å². The molecule has 1 spiro atoms. The Kier molecular flexibility index (Phi) is 3.53. The number of hydrogen-bond donors (Lipinski definition) is 1. The molecule has 2 aliphatic rings. The lowest BCUT2D eigenvalue weighted by atomic mass is 9.71. The Hall–Kier alpha value is -1.02. The molecule has 0 bridgehead atoms. The van der Waals surface area contributed by atoms with E-state index in [-0.39, 0.29) is 11.7 Å². The van der Waals surface area contributed by atoms with Crippen molar-refractivity contribution in [3.63, 3.8) is 0 Å². The van der Waals surface area contributed by atoms with Crippen LogP contribution in [-0.4, -0.2) is 10.7 Å². The van der Waals surface area contributed by atoms with Crippen LogP contribution in [0.5, 0.6) is 5.75 Å². The van der Waals surface area contributed by atoms with Crippen LogP contribution in [0, 0.1) is 18.8 Å². The van der Waals surface area contributed by atoms with Gasteiger partial charge in [-0.2, -0.15) is 0 Å². The largest absolute Gasteiger partial charge is 0.487 e. The van der Waals surface area contributed by atoms with Crippen LogP contribution in [0.4, 0.5) is 0 Å².